The fourth-order valence-corrected chi connectivity index (χ4v) is 2.99. The fraction of sp³-hybridized carbons (Fsp3) is 0. The molecule has 0 heterocycles. The Morgan fingerprint density at radius 1 is 1.10 bits per heavy atom. The lowest BCUT2D eigenvalue weighted by Crippen LogP contribution is -2.16. The van der Waals surface area contributed by atoms with Crippen molar-refractivity contribution in [2.75, 3.05) is 5.32 Å². The van der Waals surface area contributed by atoms with E-state index in [1.165, 1.54) is 12.1 Å². The van der Waals surface area contributed by atoms with Crippen molar-refractivity contribution in [2.45, 2.75) is 0 Å². The summed E-state index contributed by atoms with van der Waals surface area (Å²) < 4.78 is 15.1. The molecule has 2 aromatic rings. The van der Waals surface area contributed by atoms with E-state index in [2.05, 4.69) is 37.2 Å². The van der Waals surface area contributed by atoms with Gasteiger partial charge in [0.1, 0.15) is 5.82 Å². The molecular formula is C14H8Br2FNO3. The zero-order valence-electron chi connectivity index (χ0n) is 10.4. The average molecular weight is 417 g/mol. The summed E-state index contributed by atoms with van der Waals surface area (Å²) in [6.07, 6.45) is 0. The zero-order chi connectivity index (χ0) is 15.6. The van der Waals surface area contributed by atoms with Gasteiger partial charge in [-0.05, 0) is 30.3 Å². The number of hydrogen-bond donors (Lipinski definition) is 2. The first kappa shape index (κ1) is 15.7. The minimum absolute atomic E-state index is 0.260. The fourth-order valence-electron chi connectivity index (χ4n) is 1.70. The lowest BCUT2D eigenvalue weighted by atomic mass is 10.1. The molecule has 2 N–H and O–H groups in total. The number of amides is 1. The molecular weight excluding hydrogens is 409 g/mol. The predicted octanol–water partition coefficient (Wildman–Crippen LogP) is 4.30. The van der Waals surface area contributed by atoms with Crippen molar-refractivity contribution >= 4 is 49.4 Å². The largest absolute Gasteiger partial charge is 0.478 e. The lowest BCUT2D eigenvalue weighted by Gasteiger charge is -2.10. The second-order valence-electron chi connectivity index (χ2n) is 4.08. The van der Waals surface area contributed by atoms with Crippen molar-refractivity contribution in [3.63, 3.8) is 0 Å². The molecule has 0 bridgehead atoms. The summed E-state index contributed by atoms with van der Waals surface area (Å²) in [5, 5.41) is 11.3. The number of hydrogen-bond acceptors (Lipinski definition) is 2. The number of carbonyl (C=O) groups excluding carboxylic acids is 1. The molecule has 0 spiro atoms. The van der Waals surface area contributed by atoms with Gasteiger partial charge in [-0.1, -0.05) is 37.9 Å². The van der Waals surface area contributed by atoms with Crippen LogP contribution in [0.2, 0.25) is 0 Å². The molecule has 7 heteroatoms. The Labute approximate surface area is 136 Å². The lowest BCUT2D eigenvalue weighted by molar-refractivity contribution is 0.0697. The smallest absolute Gasteiger partial charge is 0.337 e. The third kappa shape index (κ3) is 3.68. The first-order chi connectivity index (χ1) is 9.88. The van der Waals surface area contributed by atoms with E-state index in [9.17, 15) is 14.0 Å². The highest BCUT2D eigenvalue weighted by Gasteiger charge is 2.17. The Morgan fingerprint density at radius 2 is 1.71 bits per heavy atom. The van der Waals surface area contributed by atoms with Gasteiger partial charge in [-0.15, -0.1) is 0 Å². The van der Waals surface area contributed by atoms with Crippen molar-refractivity contribution in [3.8, 4) is 0 Å². The molecule has 2 rings (SSSR count). The van der Waals surface area contributed by atoms with E-state index >= 15 is 0 Å². The maximum absolute atomic E-state index is 13.7. The Balaban J connectivity index is 2.38. The number of anilines is 1. The van der Waals surface area contributed by atoms with Crippen LogP contribution in [0.5, 0.6) is 0 Å². The second kappa shape index (κ2) is 6.36. The number of halogens is 3. The van der Waals surface area contributed by atoms with Crippen LogP contribution in [-0.4, -0.2) is 17.0 Å². The molecule has 1 amide bonds. The molecule has 0 saturated carbocycles. The molecule has 0 radical (unpaired) electrons. The first-order valence-electron chi connectivity index (χ1n) is 5.67. The molecule has 0 aromatic heterocycles. The molecule has 2 aromatic carbocycles. The molecule has 0 saturated heterocycles. The van der Waals surface area contributed by atoms with Crippen LogP contribution in [0.15, 0.2) is 45.3 Å². The van der Waals surface area contributed by atoms with Gasteiger partial charge in [0.05, 0.1) is 11.3 Å². The van der Waals surface area contributed by atoms with E-state index in [0.29, 0.717) is 8.95 Å². The monoisotopic (exact) mass is 415 g/mol. The van der Waals surface area contributed by atoms with Gasteiger partial charge in [0, 0.05) is 14.5 Å². The third-order valence-corrected chi connectivity index (χ3v) is 3.52. The summed E-state index contributed by atoms with van der Waals surface area (Å²) in [5.41, 5.74) is -0.403. The Bertz CT molecular complexity index is 714. The number of rotatable bonds is 3. The van der Waals surface area contributed by atoms with E-state index in [1.54, 1.807) is 18.2 Å². The topological polar surface area (TPSA) is 66.4 Å². The molecule has 0 aliphatic heterocycles. The quantitative estimate of drug-likeness (QED) is 0.783. The van der Waals surface area contributed by atoms with E-state index in [1.807, 2.05) is 0 Å². The average Bonchev–Trinajstić information content (AvgIpc) is 2.39. The number of carboxylic acids is 1. The highest BCUT2D eigenvalue weighted by Crippen LogP contribution is 2.23. The summed E-state index contributed by atoms with van der Waals surface area (Å²) in [6, 6.07) is 8.40. The van der Waals surface area contributed by atoms with Crippen molar-refractivity contribution in [2.24, 2.45) is 0 Å². The molecule has 0 atom stereocenters. The summed E-state index contributed by atoms with van der Waals surface area (Å²) in [7, 11) is 0. The molecule has 21 heavy (non-hydrogen) atoms. The van der Waals surface area contributed by atoms with Crippen LogP contribution in [0, 0.1) is 5.82 Å². The van der Waals surface area contributed by atoms with Gasteiger partial charge in [-0.2, -0.15) is 0 Å². The standard InChI is InChI=1S/C14H8Br2FNO3/c15-8-4-7(5-9(16)6-8)13(19)18-12-10(14(20)21)2-1-3-11(12)17/h1-6H,(H,18,19)(H,20,21). The molecule has 0 aliphatic carbocycles. The number of benzene rings is 2. The molecule has 0 unspecified atom stereocenters. The number of nitrogens with one attached hydrogen (secondary N) is 1. The first-order valence-corrected chi connectivity index (χ1v) is 7.26. The summed E-state index contributed by atoms with van der Waals surface area (Å²) in [5.74, 6) is -2.73. The summed E-state index contributed by atoms with van der Waals surface area (Å²) in [6.45, 7) is 0. The maximum Gasteiger partial charge on any atom is 0.337 e. The van der Waals surface area contributed by atoms with E-state index in [0.717, 1.165) is 6.07 Å². The summed E-state index contributed by atoms with van der Waals surface area (Å²) >= 11 is 6.48. The second-order valence-corrected chi connectivity index (χ2v) is 5.91. The Morgan fingerprint density at radius 3 is 2.29 bits per heavy atom. The van der Waals surface area contributed by atoms with Gasteiger partial charge in [-0.25, -0.2) is 9.18 Å². The van der Waals surface area contributed by atoms with Crippen LogP contribution in [0.4, 0.5) is 10.1 Å². The number of carbonyl (C=O) groups is 2. The predicted molar refractivity (Wildman–Crippen MR) is 83.2 cm³/mol. The van der Waals surface area contributed by atoms with Gasteiger partial charge >= 0.3 is 5.97 Å². The minimum Gasteiger partial charge on any atom is -0.478 e. The van der Waals surface area contributed by atoms with Crippen LogP contribution >= 0.6 is 31.9 Å². The van der Waals surface area contributed by atoms with Crippen molar-refractivity contribution in [1.29, 1.82) is 0 Å². The highest BCUT2D eigenvalue weighted by atomic mass is 79.9. The third-order valence-electron chi connectivity index (χ3n) is 2.61. The van der Waals surface area contributed by atoms with Crippen LogP contribution < -0.4 is 5.32 Å². The Kier molecular flexibility index (Phi) is 4.74. The van der Waals surface area contributed by atoms with Gasteiger partial charge in [0.25, 0.3) is 5.91 Å². The van der Waals surface area contributed by atoms with Crippen molar-refractivity contribution < 1.29 is 19.1 Å². The van der Waals surface area contributed by atoms with E-state index in [-0.39, 0.29) is 16.8 Å². The number of carboxylic acid groups (broad SMARTS) is 1. The van der Waals surface area contributed by atoms with Gasteiger partial charge in [0.15, 0.2) is 0 Å². The van der Waals surface area contributed by atoms with Crippen LogP contribution in [0.1, 0.15) is 20.7 Å². The van der Waals surface area contributed by atoms with Gasteiger partial charge in [-0.3, -0.25) is 4.79 Å². The highest BCUT2D eigenvalue weighted by molar-refractivity contribution is 9.11. The molecule has 0 aliphatic rings. The molecule has 108 valence electrons. The normalized spacial score (nSPS) is 10.2. The molecule has 0 fully saturated rings. The van der Waals surface area contributed by atoms with Crippen LogP contribution in [0.25, 0.3) is 0 Å². The van der Waals surface area contributed by atoms with Gasteiger partial charge in [0.2, 0.25) is 0 Å². The van der Waals surface area contributed by atoms with Crippen LogP contribution in [0.3, 0.4) is 0 Å². The van der Waals surface area contributed by atoms with Crippen LogP contribution in [-0.2, 0) is 0 Å². The summed E-state index contributed by atoms with van der Waals surface area (Å²) in [4.78, 5) is 23.2. The SMILES string of the molecule is O=C(Nc1c(F)cccc1C(=O)O)c1cc(Br)cc(Br)c1. The number of aromatic carboxylic acids is 1. The van der Waals surface area contributed by atoms with Gasteiger partial charge < -0.3 is 10.4 Å². The van der Waals surface area contributed by atoms with E-state index < -0.39 is 17.7 Å². The van der Waals surface area contributed by atoms with Crippen molar-refractivity contribution in [3.05, 3.63) is 62.3 Å². The zero-order valence-corrected chi connectivity index (χ0v) is 13.5. The molecule has 4 nitrogen and oxygen atoms in total. The number of para-hydroxylation sites is 1. The maximum atomic E-state index is 13.7. The minimum atomic E-state index is -1.32. The van der Waals surface area contributed by atoms with E-state index in [4.69, 9.17) is 5.11 Å². The Hall–Kier alpha value is -1.73. The van der Waals surface area contributed by atoms with Crippen molar-refractivity contribution in [1.82, 2.24) is 0 Å².